The van der Waals surface area contributed by atoms with Crippen LogP contribution in [0.2, 0.25) is 0 Å². The minimum atomic E-state index is -0.428. The number of rotatable bonds is 7. The maximum atomic E-state index is 12.0. The van der Waals surface area contributed by atoms with E-state index in [9.17, 15) is 9.59 Å². The Kier molecular flexibility index (Phi) is 6.14. The molecule has 24 heavy (non-hydrogen) atoms. The van der Waals surface area contributed by atoms with E-state index in [0.717, 1.165) is 5.56 Å². The van der Waals surface area contributed by atoms with E-state index in [1.165, 1.54) is 7.11 Å². The Morgan fingerprint density at radius 2 is 1.54 bits per heavy atom. The molecule has 0 heterocycles. The van der Waals surface area contributed by atoms with E-state index in [2.05, 4.69) is 11.3 Å². The first-order valence-corrected chi connectivity index (χ1v) is 7.32. The number of esters is 2. The highest BCUT2D eigenvalue weighted by Gasteiger charge is 2.09. The molecule has 124 valence electrons. The summed E-state index contributed by atoms with van der Waals surface area (Å²) in [6, 6.07) is 13.4. The SMILES string of the molecule is C=CCOc1ccc(C(=O)OCc2ccc(C(=O)OC)cc2)cc1. The monoisotopic (exact) mass is 326 g/mol. The summed E-state index contributed by atoms with van der Waals surface area (Å²) in [6.07, 6.45) is 1.65. The largest absolute Gasteiger partial charge is 0.490 e. The summed E-state index contributed by atoms with van der Waals surface area (Å²) in [5, 5.41) is 0. The fourth-order valence-electron chi connectivity index (χ4n) is 1.93. The maximum absolute atomic E-state index is 12.0. The smallest absolute Gasteiger partial charge is 0.338 e. The van der Waals surface area contributed by atoms with E-state index in [4.69, 9.17) is 9.47 Å². The van der Waals surface area contributed by atoms with Crippen molar-refractivity contribution in [3.63, 3.8) is 0 Å². The first-order chi connectivity index (χ1) is 11.6. The van der Waals surface area contributed by atoms with Gasteiger partial charge < -0.3 is 14.2 Å². The van der Waals surface area contributed by atoms with Crippen molar-refractivity contribution in [2.75, 3.05) is 13.7 Å². The fourth-order valence-corrected chi connectivity index (χ4v) is 1.93. The van der Waals surface area contributed by atoms with Crippen molar-refractivity contribution in [3.05, 3.63) is 77.9 Å². The lowest BCUT2D eigenvalue weighted by Crippen LogP contribution is -2.06. The van der Waals surface area contributed by atoms with Crippen molar-refractivity contribution in [1.82, 2.24) is 0 Å². The van der Waals surface area contributed by atoms with Crippen molar-refractivity contribution in [2.45, 2.75) is 6.61 Å². The summed E-state index contributed by atoms with van der Waals surface area (Å²) < 4.78 is 15.2. The highest BCUT2D eigenvalue weighted by Crippen LogP contribution is 2.14. The van der Waals surface area contributed by atoms with Crippen LogP contribution in [-0.4, -0.2) is 25.7 Å². The Bertz CT molecular complexity index is 702. The normalized spacial score (nSPS) is 9.88. The number of ether oxygens (including phenoxy) is 3. The maximum Gasteiger partial charge on any atom is 0.338 e. The fraction of sp³-hybridized carbons (Fsp3) is 0.158. The lowest BCUT2D eigenvalue weighted by molar-refractivity contribution is 0.0471. The highest BCUT2D eigenvalue weighted by atomic mass is 16.5. The molecule has 0 N–H and O–H groups in total. The molecule has 0 radical (unpaired) electrons. The summed E-state index contributed by atoms with van der Waals surface area (Å²) in [6.45, 7) is 4.10. The molecule has 2 aromatic rings. The van der Waals surface area contributed by atoms with Crippen LogP contribution in [0.3, 0.4) is 0 Å². The predicted molar refractivity (Wildman–Crippen MR) is 89.0 cm³/mol. The number of hydrogen-bond acceptors (Lipinski definition) is 5. The Labute approximate surface area is 140 Å². The molecule has 0 aliphatic rings. The number of methoxy groups -OCH3 is 1. The number of carbonyl (C=O) groups excluding carboxylic acids is 2. The minimum Gasteiger partial charge on any atom is -0.490 e. The average molecular weight is 326 g/mol. The van der Waals surface area contributed by atoms with Gasteiger partial charge in [-0.15, -0.1) is 0 Å². The van der Waals surface area contributed by atoms with Gasteiger partial charge in [-0.25, -0.2) is 9.59 Å². The molecule has 0 atom stereocenters. The van der Waals surface area contributed by atoms with Crippen molar-refractivity contribution < 1.29 is 23.8 Å². The Hall–Kier alpha value is -3.08. The zero-order chi connectivity index (χ0) is 17.4. The molecule has 0 aliphatic heterocycles. The van der Waals surface area contributed by atoms with Crippen LogP contribution in [0, 0.1) is 0 Å². The number of benzene rings is 2. The summed E-state index contributed by atoms with van der Waals surface area (Å²) in [5.41, 5.74) is 1.66. The molecule has 0 bridgehead atoms. The van der Waals surface area contributed by atoms with Gasteiger partial charge in [0, 0.05) is 0 Å². The standard InChI is InChI=1S/C19H18O5/c1-3-12-23-17-10-8-16(9-11-17)19(21)24-13-14-4-6-15(7-5-14)18(20)22-2/h3-11H,1,12-13H2,2H3. The summed E-state index contributed by atoms with van der Waals surface area (Å²) in [5.74, 6) is -0.176. The molecule has 2 aromatic carbocycles. The van der Waals surface area contributed by atoms with Crippen LogP contribution in [0.4, 0.5) is 0 Å². The van der Waals surface area contributed by atoms with Gasteiger partial charge in [0.25, 0.3) is 0 Å². The van der Waals surface area contributed by atoms with Gasteiger partial charge in [-0.1, -0.05) is 24.8 Å². The van der Waals surface area contributed by atoms with Gasteiger partial charge in [-0.3, -0.25) is 0 Å². The van der Waals surface area contributed by atoms with E-state index in [-0.39, 0.29) is 6.61 Å². The molecule has 2 rings (SSSR count). The molecule has 5 nitrogen and oxygen atoms in total. The second kappa shape index (κ2) is 8.53. The summed E-state index contributed by atoms with van der Waals surface area (Å²) >= 11 is 0. The van der Waals surface area contributed by atoms with E-state index in [1.807, 2.05) is 0 Å². The molecule has 0 saturated carbocycles. The molecule has 0 amide bonds. The third kappa shape index (κ3) is 4.71. The molecule has 0 saturated heterocycles. The van der Waals surface area contributed by atoms with Crippen LogP contribution >= 0.6 is 0 Å². The Balaban J connectivity index is 1.90. The zero-order valence-electron chi connectivity index (χ0n) is 13.4. The number of carbonyl (C=O) groups is 2. The van der Waals surface area contributed by atoms with Gasteiger partial charge in [-0.05, 0) is 42.0 Å². The first-order valence-electron chi connectivity index (χ1n) is 7.32. The van der Waals surface area contributed by atoms with E-state index >= 15 is 0 Å². The zero-order valence-corrected chi connectivity index (χ0v) is 13.4. The Morgan fingerprint density at radius 1 is 0.958 bits per heavy atom. The summed E-state index contributed by atoms with van der Waals surface area (Å²) in [4.78, 5) is 23.4. The van der Waals surface area contributed by atoms with E-state index < -0.39 is 11.9 Å². The van der Waals surface area contributed by atoms with Crippen LogP contribution in [0.1, 0.15) is 26.3 Å². The second-order valence-corrected chi connectivity index (χ2v) is 4.89. The van der Waals surface area contributed by atoms with Crippen LogP contribution in [0.5, 0.6) is 5.75 Å². The molecular weight excluding hydrogens is 308 g/mol. The van der Waals surface area contributed by atoms with Crippen molar-refractivity contribution in [2.24, 2.45) is 0 Å². The van der Waals surface area contributed by atoms with Crippen molar-refractivity contribution >= 4 is 11.9 Å². The van der Waals surface area contributed by atoms with Crippen LogP contribution in [0.15, 0.2) is 61.2 Å². The van der Waals surface area contributed by atoms with Crippen LogP contribution in [-0.2, 0) is 16.1 Å². The van der Waals surface area contributed by atoms with Crippen molar-refractivity contribution in [3.8, 4) is 5.75 Å². The molecule has 0 spiro atoms. The van der Waals surface area contributed by atoms with Crippen LogP contribution < -0.4 is 4.74 Å². The quantitative estimate of drug-likeness (QED) is 0.576. The van der Waals surface area contributed by atoms with E-state index in [1.54, 1.807) is 54.6 Å². The molecule has 5 heteroatoms. The van der Waals surface area contributed by atoms with Gasteiger partial charge in [0.15, 0.2) is 0 Å². The van der Waals surface area contributed by atoms with Gasteiger partial charge in [-0.2, -0.15) is 0 Å². The molecule has 0 fully saturated rings. The van der Waals surface area contributed by atoms with Gasteiger partial charge in [0.1, 0.15) is 19.0 Å². The molecule has 0 unspecified atom stereocenters. The molecular formula is C19H18O5. The summed E-state index contributed by atoms with van der Waals surface area (Å²) in [7, 11) is 1.33. The number of hydrogen-bond donors (Lipinski definition) is 0. The lowest BCUT2D eigenvalue weighted by atomic mass is 10.1. The third-order valence-electron chi connectivity index (χ3n) is 3.20. The minimum absolute atomic E-state index is 0.120. The topological polar surface area (TPSA) is 61.8 Å². The first kappa shape index (κ1) is 17.3. The highest BCUT2D eigenvalue weighted by molar-refractivity contribution is 5.90. The predicted octanol–water partition coefficient (Wildman–Crippen LogP) is 3.40. The van der Waals surface area contributed by atoms with Gasteiger partial charge >= 0.3 is 11.9 Å². The van der Waals surface area contributed by atoms with Crippen LogP contribution in [0.25, 0.3) is 0 Å². The lowest BCUT2D eigenvalue weighted by Gasteiger charge is -2.07. The van der Waals surface area contributed by atoms with Gasteiger partial charge in [0.2, 0.25) is 0 Å². The van der Waals surface area contributed by atoms with E-state index in [0.29, 0.717) is 23.5 Å². The van der Waals surface area contributed by atoms with Crippen molar-refractivity contribution in [1.29, 1.82) is 0 Å². The second-order valence-electron chi connectivity index (χ2n) is 4.89. The Morgan fingerprint density at radius 3 is 2.12 bits per heavy atom. The van der Waals surface area contributed by atoms with Gasteiger partial charge in [0.05, 0.1) is 18.2 Å². The third-order valence-corrected chi connectivity index (χ3v) is 3.20. The molecule has 0 aromatic heterocycles. The molecule has 0 aliphatic carbocycles. The average Bonchev–Trinajstić information content (AvgIpc) is 2.64.